The third kappa shape index (κ3) is 3.51. The van der Waals surface area contributed by atoms with E-state index in [1.54, 1.807) is 24.3 Å². The molecule has 0 saturated carbocycles. The minimum absolute atomic E-state index is 0.0121. The maximum absolute atomic E-state index is 13.3. The minimum atomic E-state index is -0.563. The van der Waals surface area contributed by atoms with Gasteiger partial charge in [0.25, 0.3) is 5.69 Å². The summed E-state index contributed by atoms with van der Waals surface area (Å²) in [6, 6.07) is 13.6. The Balaban J connectivity index is 1.59. The van der Waals surface area contributed by atoms with Crippen LogP contribution in [0.3, 0.4) is 0 Å². The number of nitrogens with zero attached hydrogens (tertiary/aromatic N) is 1. The van der Waals surface area contributed by atoms with E-state index < -0.39 is 16.8 Å². The summed E-state index contributed by atoms with van der Waals surface area (Å²) in [6.07, 6.45) is 0. The number of hydrogen-bond donors (Lipinski definition) is 1. The molecule has 10 heteroatoms. The normalized spacial score (nSPS) is 23.1. The first-order chi connectivity index (χ1) is 17.9. The summed E-state index contributed by atoms with van der Waals surface area (Å²) in [6.45, 7) is 0.280. The van der Waals surface area contributed by atoms with Crippen LogP contribution in [-0.4, -0.2) is 43.6 Å². The predicted molar refractivity (Wildman–Crippen MR) is 128 cm³/mol. The van der Waals surface area contributed by atoms with Crippen LogP contribution >= 0.6 is 0 Å². The monoisotopic (exact) mass is 505 g/mol. The average Bonchev–Trinajstić information content (AvgIpc) is 3.52. The molecule has 3 aromatic rings. The lowest BCUT2D eigenvalue weighted by Crippen LogP contribution is -2.35. The quantitative estimate of drug-likeness (QED) is 0.310. The van der Waals surface area contributed by atoms with Crippen LogP contribution in [0.15, 0.2) is 48.5 Å². The van der Waals surface area contributed by atoms with Gasteiger partial charge < -0.3 is 28.8 Å². The number of nitro groups is 1. The molecule has 0 radical (unpaired) electrons. The summed E-state index contributed by atoms with van der Waals surface area (Å²) in [5.41, 5.74) is 3.28. The van der Waals surface area contributed by atoms with Crippen molar-refractivity contribution in [3.05, 3.63) is 80.9 Å². The van der Waals surface area contributed by atoms with Crippen LogP contribution in [-0.2, 0) is 9.53 Å². The van der Waals surface area contributed by atoms with Gasteiger partial charge in [0.05, 0.1) is 31.7 Å². The van der Waals surface area contributed by atoms with Crippen molar-refractivity contribution in [2.75, 3.05) is 27.6 Å². The third-order valence-corrected chi connectivity index (χ3v) is 7.51. The van der Waals surface area contributed by atoms with E-state index in [1.165, 1.54) is 26.4 Å². The molecule has 1 N–H and O–H groups in total. The van der Waals surface area contributed by atoms with Gasteiger partial charge in [-0.2, -0.15) is 0 Å². The Morgan fingerprint density at radius 3 is 2.05 bits per heavy atom. The Labute approximate surface area is 211 Å². The summed E-state index contributed by atoms with van der Waals surface area (Å²) < 4.78 is 27.8. The Morgan fingerprint density at radius 2 is 1.49 bits per heavy atom. The Kier molecular flexibility index (Phi) is 5.32. The molecule has 1 fully saturated rings. The number of carbonyl (C=O) groups excluding carboxylic acids is 1. The number of esters is 1. The fourth-order valence-electron chi connectivity index (χ4n) is 5.89. The lowest BCUT2D eigenvalue weighted by atomic mass is 9.61. The molecule has 0 bridgehead atoms. The van der Waals surface area contributed by atoms with Crippen molar-refractivity contribution in [1.82, 2.24) is 0 Å². The lowest BCUT2D eigenvalue weighted by Gasteiger charge is -2.39. The molecule has 3 aromatic carbocycles. The summed E-state index contributed by atoms with van der Waals surface area (Å²) in [7, 11) is 2.89. The molecule has 0 unspecified atom stereocenters. The average molecular weight is 505 g/mol. The second-order valence-electron chi connectivity index (χ2n) is 9.23. The Bertz CT molecular complexity index is 1390. The fourth-order valence-corrected chi connectivity index (χ4v) is 5.89. The molecule has 2 aliphatic heterocycles. The number of fused-ring (bicyclic) bond motifs is 3. The highest BCUT2D eigenvalue weighted by atomic mass is 16.7. The van der Waals surface area contributed by atoms with Crippen molar-refractivity contribution in [1.29, 1.82) is 0 Å². The van der Waals surface area contributed by atoms with Gasteiger partial charge in [0.1, 0.15) is 0 Å². The summed E-state index contributed by atoms with van der Waals surface area (Å²) in [5, 5.41) is 21.7. The van der Waals surface area contributed by atoms with Gasteiger partial charge >= 0.3 is 5.97 Å². The van der Waals surface area contributed by atoms with Crippen LogP contribution in [0.4, 0.5) is 5.69 Å². The molecular formula is C27H23NO9. The highest BCUT2D eigenvalue weighted by Crippen LogP contribution is 2.57. The maximum atomic E-state index is 13.3. The lowest BCUT2D eigenvalue weighted by molar-refractivity contribution is -0.384. The van der Waals surface area contributed by atoms with Crippen LogP contribution in [0, 0.1) is 22.0 Å². The molecule has 2 heterocycles. The number of hydrogen-bond acceptors (Lipinski definition) is 9. The molecular weight excluding hydrogens is 482 g/mol. The number of nitro benzene ring substituents is 1. The van der Waals surface area contributed by atoms with Crippen molar-refractivity contribution >= 4 is 11.7 Å². The first-order valence-corrected chi connectivity index (χ1v) is 11.7. The number of phenols is 1. The highest BCUT2D eigenvalue weighted by Gasteiger charge is 2.53. The zero-order valence-corrected chi connectivity index (χ0v) is 20.0. The summed E-state index contributed by atoms with van der Waals surface area (Å²) in [5.74, 6) is -0.427. The number of ether oxygens (including phenoxy) is 5. The molecule has 0 amide bonds. The van der Waals surface area contributed by atoms with Crippen molar-refractivity contribution in [2.24, 2.45) is 11.8 Å². The second kappa shape index (κ2) is 8.58. The van der Waals surface area contributed by atoms with Gasteiger partial charge in [-0.1, -0.05) is 12.1 Å². The van der Waals surface area contributed by atoms with Crippen molar-refractivity contribution in [3.8, 4) is 28.7 Å². The topological polar surface area (TPSA) is 127 Å². The Hall–Kier alpha value is -4.47. The minimum Gasteiger partial charge on any atom is -0.502 e. The first kappa shape index (κ1) is 23.0. The van der Waals surface area contributed by atoms with E-state index >= 15 is 0 Å². The number of carbonyl (C=O) groups is 1. The zero-order valence-electron chi connectivity index (χ0n) is 20.0. The van der Waals surface area contributed by atoms with E-state index in [-0.39, 0.29) is 54.1 Å². The number of phenolic OH excluding ortho intramolecular Hbond substituents is 1. The molecule has 37 heavy (non-hydrogen) atoms. The van der Waals surface area contributed by atoms with Gasteiger partial charge in [0, 0.05) is 29.9 Å². The maximum Gasteiger partial charge on any atom is 0.310 e. The molecule has 1 saturated heterocycles. The molecule has 4 atom stereocenters. The molecule has 190 valence electrons. The largest absolute Gasteiger partial charge is 0.502 e. The van der Waals surface area contributed by atoms with Crippen LogP contribution < -0.4 is 18.9 Å². The number of non-ortho nitro benzene ring substituents is 1. The van der Waals surface area contributed by atoms with Crippen LogP contribution in [0.2, 0.25) is 0 Å². The molecule has 0 aromatic heterocycles. The van der Waals surface area contributed by atoms with Gasteiger partial charge in [0.15, 0.2) is 23.0 Å². The number of cyclic esters (lactones) is 1. The third-order valence-electron chi connectivity index (χ3n) is 7.51. The number of benzene rings is 3. The van der Waals surface area contributed by atoms with E-state index in [2.05, 4.69) is 0 Å². The van der Waals surface area contributed by atoms with Crippen LogP contribution in [0.25, 0.3) is 0 Å². The van der Waals surface area contributed by atoms with Gasteiger partial charge in [-0.25, -0.2) is 0 Å². The van der Waals surface area contributed by atoms with Gasteiger partial charge in [0.2, 0.25) is 12.5 Å². The fraction of sp³-hybridized carbons (Fsp3) is 0.296. The second-order valence-corrected chi connectivity index (χ2v) is 9.23. The number of rotatable bonds is 5. The van der Waals surface area contributed by atoms with E-state index in [9.17, 15) is 20.0 Å². The van der Waals surface area contributed by atoms with Gasteiger partial charge in [-0.15, -0.1) is 0 Å². The van der Waals surface area contributed by atoms with Crippen LogP contribution in [0.5, 0.6) is 28.7 Å². The van der Waals surface area contributed by atoms with E-state index in [1.807, 2.05) is 12.1 Å². The van der Waals surface area contributed by atoms with E-state index in [4.69, 9.17) is 23.7 Å². The van der Waals surface area contributed by atoms with Gasteiger partial charge in [-0.05, 0) is 46.5 Å². The van der Waals surface area contributed by atoms with Crippen molar-refractivity contribution < 1.29 is 38.5 Å². The molecule has 10 nitrogen and oxygen atoms in total. The summed E-state index contributed by atoms with van der Waals surface area (Å²) >= 11 is 0. The molecule has 1 aliphatic carbocycles. The van der Waals surface area contributed by atoms with Crippen LogP contribution in [0.1, 0.15) is 34.1 Å². The first-order valence-electron chi connectivity index (χ1n) is 11.7. The van der Waals surface area contributed by atoms with E-state index in [0.29, 0.717) is 17.1 Å². The predicted octanol–water partition coefficient (Wildman–Crippen LogP) is 4.11. The number of aromatic hydroxyl groups is 1. The molecule has 6 rings (SSSR count). The summed E-state index contributed by atoms with van der Waals surface area (Å²) in [4.78, 5) is 24.1. The van der Waals surface area contributed by atoms with Crippen molar-refractivity contribution in [3.63, 3.8) is 0 Å². The van der Waals surface area contributed by atoms with Gasteiger partial charge in [-0.3, -0.25) is 14.9 Å². The Morgan fingerprint density at radius 1 is 0.892 bits per heavy atom. The zero-order chi connectivity index (χ0) is 25.8. The standard InChI is InChI=1S/C27H23NO9/c1-33-21-7-14(8-22(34-2)26(21)29)24-17-10-20-19(36-12-37-20)9-16(17)23(18-11-35-27(30)25(18)24)13-3-5-15(6-4-13)28(31)32/h3-10,18,23-25,29H,11-12H2,1-2H3/t18-,23-,24-,25+/m1/s1. The van der Waals surface area contributed by atoms with E-state index in [0.717, 1.165) is 16.7 Å². The van der Waals surface area contributed by atoms with Crippen molar-refractivity contribution in [2.45, 2.75) is 11.8 Å². The molecule has 3 aliphatic rings. The molecule has 0 spiro atoms. The SMILES string of the molecule is COc1cc([C@@H]2c3cc4c(cc3[C@@H](c3ccc([N+](=O)[O-])cc3)[C@H]3COC(=O)[C@H]23)OCO4)cc(OC)c1O. The highest BCUT2D eigenvalue weighted by molar-refractivity contribution is 5.79. The smallest absolute Gasteiger partial charge is 0.310 e. The number of methoxy groups -OCH3 is 2.